The number of carboxylic acids is 1. The Morgan fingerprint density at radius 1 is 0.683 bits per heavy atom. The van der Waals surface area contributed by atoms with Crippen molar-refractivity contribution in [1.82, 2.24) is 5.32 Å². The van der Waals surface area contributed by atoms with Crippen LogP contribution in [0.3, 0.4) is 0 Å². The van der Waals surface area contributed by atoms with Gasteiger partial charge in [0.1, 0.15) is 12.6 Å². The quantitative estimate of drug-likeness (QED) is 0.0583. The first-order chi connectivity index (χ1) is 20.0. The van der Waals surface area contributed by atoms with E-state index in [0.29, 0.717) is 12.8 Å². The molecule has 41 heavy (non-hydrogen) atoms. The highest BCUT2D eigenvalue weighted by Gasteiger charge is 2.11. The molecule has 0 saturated heterocycles. The molecule has 6 heteroatoms. The molecule has 0 bridgehead atoms. The maximum atomic E-state index is 12.4. The lowest BCUT2D eigenvalue weighted by Gasteiger charge is -2.14. The largest absolute Gasteiger partial charge is 0.480 e. The number of hydrogen-bond donors (Lipinski definition) is 2. The Morgan fingerprint density at radius 3 is 1.90 bits per heavy atom. The van der Waals surface area contributed by atoms with Crippen molar-refractivity contribution in [1.29, 1.82) is 0 Å². The number of nitrogens with one attached hydrogen (secondary N) is 1. The highest BCUT2D eigenvalue weighted by atomic mass is 16.5. The summed E-state index contributed by atoms with van der Waals surface area (Å²) in [6.45, 7) is 3.94. The van der Waals surface area contributed by atoms with Crippen molar-refractivity contribution in [3.05, 3.63) is 60.8 Å². The number of hydrogen-bond acceptors (Lipinski definition) is 4. The summed E-state index contributed by atoms with van der Waals surface area (Å²) < 4.78 is 5.75. The SMILES string of the molecule is CC/C=C\C/C=C\C/C=C\C/C=C\CCCCCCC(=O)OC(/C=C\CCC)CCCCCCC(=O)NCC(=O)O. The summed E-state index contributed by atoms with van der Waals surface area (Å²) in [6, 6.07) is 0. The Kier molecular flexibility index (Phi) is 28.0. The zero-order valence-electron chi connectivity index (χ0n) is 25.9. The Balaban J connectivity index is 3.95. The van der Waals surface area contributed by atoms with Crippen LogP contribution in [0, 0.1) is 0 Å². The second-order valence-electron chi connectivity index (χ2n) is 10.3. The van der Waals surface area contributed by atoms with Gasteiger partial charge in [-0.1, -0.05) is 101 Å². The van der Waals surface area contributed by atoms with E-state index in [1.165, 1.54) is 0 Å². The van der Waals surface area contributed by atoms with E-state index in [1.807, 2.05) is 6.08 Å². The molecule has 0 fully saturated rings. The molecule has 0 aromatic heterocycles. The van der Waals surface area contributed by atoms with Crippen LogP contribution in [-0.2, 0) is 19.1 Å². The fourth-order valence-electron chi connectivity index (χ4n) is 4.07. The first kappa shape index (κ1) is 38.1. The minimum Gasteiger partial charge on any atom is -0.480 e. The number of rotatable bonds is 27. The molecule has 2 N–H and O–H groups in total. The lowest BCUT2D eigenvalue weighted by Crippen LogP contribution is -2.28. The van der Waals surface area contributed by atoms with Crippen molar-refractivity contribution >= 4 is 17.8 Å². The first-order valence-electron chi connectivity index (χ1n) is 15.9. The standard InChI is InChI=1S/C35H57NO5/c1-3-5-7-8-9-10-11-12-13-14-15-16-17-18-19-20-26-30-35(40)41-32(27-23-6-4-2)28-24-21-22-25-29-33(37)36-31-34(38)39/h5,7,9-10,12-13,15-16,23,27,32H,3-4,6,8,11,14,17-22,24-26,28-31H2,1-2H3,(H,36,37)(H,38,39)/b7-5-,10-9-,13-12-,16-15-,27-23-. The zero-order chi connectivity index (χ0) is 30.2. The number of carboxylic acid groups (broad SMARTS) is 1. The predicted octanol–water partition coefficient (Wildman–Crippen LogP) is 8.94. The Morgan fingerprint density at radius 2 is 1.27 bits per heavy atom. The molecule has 0 aromatic carbocycles. The lowest BCUT2D eigenvalue weighted by atomic mass is 10.1. The average molecular weight is 572 g/mol. The van der Waals surface area contributed by atoms with Crippen LogP contribution in [0.25, 0.3) is 0 Å². The molecule has 0 aliphatic rings. The normalized spacial score (nSPS) is 12.8. The second kappa shape index (κ2) is 30.1. The Hall–Kier alpha value is -2.89. The monoisotopic (exact) mass is 571 g/mol. The summed E-state index contributed by atoms with van der Waals surface area (Å²) >= 11 is 0. The highest BCUT2D eigenvalue weighted by Crippen LogP contribution is 2.14. The highest BCUT2D eigenvalue weighted by molar-refractivity contribution is 5.80. The smallest absolute Gasteiger partial charge is 0.322 e. The fourth-order valence-corrected chi connectivity index (χ4v) is 4.07. The number of allylic oxidation sites excluding steroid dienone is 9. The average Bonchev–Trinajstić information content (AvgIpc) is 2.95. The third-order valence-corrected chi connectivity index (χ3v) is 6.39. The van der Waals surface area contributed by atoms with Gasteiger partial charge in [0, 0.05) is 12.8 Å². The minimum atomic E-state index is -1.03. The second-order valence-corrected chi connectivity index (χ2v) is 10.3. The van der Waals surface area contributed by atoms with Crippen LogP contribution in [0.2, 0.25) is 0 Å². The summed E-state index contributed by atoms with van der Waals surface area (Å²) in [4.78, 5) is 34.5. The van der Waals surface area contributed by atoms with Gasteiger partial charge in [0.25, 0.3) is 0 Å². The number of unbranched alkanes of at least 4 members (excludes halogenated alkanes) is 8. The van der Waals surface area contributed by atoms with Crippen LogP contribution in [-0.4, -0.2) is 35.6 Å². The molecule has 1 amide bonds. The molecule has 232 valence electrons. The first-order valence-corrected chi connectivity index (χ1v) is 15.9. The van der Waals surface area contributed by atoms with E-state index < -0.39 is 5.97 Å². The Labute approximate surface area is 250 Å². The van der Waals surface area contributed by atoms with Gasteiger partial charge in [-0.2, -0.15) is 0 Å². The maximum Gasteiger partial charge on any atom is 0.322 e. The molecule has 0 spiro atoms. The van der Waals surface area contributed by atoms with Crippen LogP contribution in [0.5, 0.6) is 0 Å². The molecule has 1 unspecified atom stereocenters. The number of ether oxygens (including phenoxy) is 1. The number of amides is 1. The van der Waals surface area contributed by atoms with Gasteiger partial charge in [0.15, 0.2) is 0 Å². The van der Waals surface area contributed by atoms with Gasteiger partial charge in [0.2, 0.25) is 5.91 Å². The van der Waals surface area contributed by atoms with E-state index in [-0.39, 0.29) is 24.5 Å². The predicted molar refractivity (Wildman–Crippen MR) is 171 cm³/mol. The number of carbonyl (C=O) groups is 3. The van der Waals surface area contributed by atoms with Gasteiger partial charge in [-0.05, 0) is 76.7 Å². The van der Waals surface area contributed by atoms with E-state index in [2.05, 4.69) is 73.8 Å². The topological polar surface area (TPSA) is 92.7 Å². The molecule has 0 saturated carbocycles. The molecule has 0 rings (SSSR count). The van der Waals surface area contributed by atoms with Crippen molar-refractivity contribution in [2.24, 2.45) is 0 Å². The van der Waals surface area contributed by atoms with Crippen molar-refractivity contribution in [3.8, 4) is 0 Å². The number of esters is 1. The van der Waals surface area contributed by atoms with Crippen LogP contribution in [0.1, 0.15) is 129 Å². The lowest BCUT2D eigenvalue weighted by molar-refractivity contribution is -0.147. The minimum absolute atomic E-state index is 0.120. The van der Waals surface area contributed by atoms with Crippen molar-refractivity contribution in [3.63, 3.8) is 0 Å². The van der Waals surface area contributed by atoms with Crippen LogP contribution >= 0.6 is 0 Å². The van der Waals surface area contributed by atoms with Crippen molar-refractivity contribution in [2.45, 2.75) is 136 Å². The van der Waals surface area contributed by atoms with Crippen molar-refractivity contribution in [2.75, 3.05) is 6.54 Å². The molecular weight excluding hydrogens is 514 g/mol. The summed E-state index contributed by atoms with van der Waals surface area (Å²) in [6.07, 6.45) is 38.1. The van der Waals surface area contributed by atoms with Gasteiger partial charge in [-0.3, -0.25) is 14.4 Å². The van der Waals surface area contributed by atoms with Crippen LogP contribution in [0.4, 0.5) is 0 Å². The van der Waals surface area contributed by atoms with E-state index >= 15 is 0 Å². The number of aliphatic carboxylic acids is 1. The van der Waals surface area contributed by atoms with E-state index in [9.17, 15) is 14.4 Å². The summed E-state index contributed by atoms with van der Waals surface area (Å²) in [5.41, 5.74) is 0. The summed E-state index contributed by atoms with van der Waals surface area (Å²) in [7, 11) is 0. The fraction of sp³-hybridized carbons (Fsp3) is 0.629. The van der Waals surface area contributed by atoms with Crippen LogP contribution in [0.15, 0.2) is 60.8 Å². The maximum absolute atomic E-state index is 12.4. The Bertz CT molecular complexity index is 809. The molecule has 0 aliphatic carbocycles. The van der Waals surface area contributed by atoms with Gasteiger partial charge in [-0.25, -0.2) is 0 Å². The summed E-state index contributed by atoms with van der Waals surface area (Å²) in [5.74, 6) is -1.38. The van der Waals surface area contributed by atoms with Crippen LogP contribution < -0.4 is 5.32 Å². The van der Waals surface area contributed by atoms with E-state index in [4.69, 9.17) is 9.84 Å². The van der Waals surface area contributed by atoms with E-state index in [1.54, 1.807) is 0 Å². The molecule has 0 aromatic rings. The van der Waals surface area contributed by atoms with Gasteiger partial charge >= 0.3 is 11.9 Å². The van der Waals surface area contributed by atoms with E-state index in [0.717, 1.165) is 103 Å². The van der Waals surface area contributed by atoms with Gasteiger partial charge in [-0.15, -0.1) is 0 Å². The third kappa shape index (κ3) is 29.9. The molecule has 1 atom stereocenters. The van der Waals surface area contributed by atoms with Crippen molar-refractivity contribution < 1.29 is 24.2 Å². The molecular formula is C35H57NO5. The molecule has 0 aliphatic heterocycles. The summed E-state index contributed by atoms with van der Waals surface area (Å²) in [5, 5.41) is 11.0. The molecule has 0 heterocycles. The van der Waals surface area contributed by atoms with Gasteiger partial charge < -0.3 is 15.2 Å². The van der Waals surface area contributed by atoms with Gasteiger partial charge in [0.05, 0.1) is 0 Å². The molecule has 6 nitrogen and oxygen atoms in total. The molecule has 0 radical (unpaired) electrons. The number of carbonyl (C=O) groups excluding carboxylic acids is 2. The third-order valence-electron chi connectivity index (χ3n) is 6.39. The zero-order valence-corrected chi connectivity index (χ0v) is 25.9.